The van der Waals surface area contributed by atoms with Gasteiger partial charge in [-0.1, -0.05) is 13.8 Å². The summed E-state index contributed by atoms with van der Waals surface area (Å²) in [5, 5.41) is 0. The van der Waals surface area contributed by atoms with E-state index in [0.717, 1.165) is 25.9 Å². The van der Waals surface area contributed by atoms with Crippen molar-refractivity contribution in [1.29, 1.82) is 0 Å². The standard InChI is InChI=1S/C16H21BrFNO/c1-11(2)12-4-3-8-19(9-7-12)16(20)14-10-13(18)5-6-15(14)17/h5-6,10-12H,3-4,7-9H2,1-2H3. The first kappa shape index (κ1) is 15.5. The van der Waals surface area contributed by atoms with Gasteiger partial charge in [0, 0.05) is 17.6 Å². The van der Waals surface area contributed by atoms with Gasteiger partial charge in [-0.25, -0.2) is 4.39 Å². The monoisotopic (exact) mass is 341 g/mol. The van der Waals surface area contributed by atoms with Gasteiger partial charge >= 0.3 is 0 Å². The Balaban J connectivity index is 2.11. The number of hydrogen-bond acceptors (Lipinski definition) is 1. The Bertz CT molecular complexity index is 489. The van der Waals surface area contributed by atoms with Gasteiger partial charge in [0.25, 0.3) is 5.91 Å². The first-order chi connectivity index (χ1) is 9.49. The summed E-state index contributed by atoms with van der Waals surface area (Å²) in [6.07, 6.45) is 3.24. The fourth-order valence-electron chi connectivity index (χ4n) is 2.82. The van der Waals surface area contributed by atoms with E-state index >= 15 is 0 Å². The summed E-state index contributed by atoms with van der Waals surface area (Å²) in [5.74, 6) is 0.905. The molecule has 1 aromatic rings. The van der Waals surface area contributed by atoms with Crippen LogP contribution in [0.1, 0.15) is 43.5 Å². The highest BCUT2D eigenvalue weighted by molar-refractivity contribution is 9.10. The first-order valence-electron chi connectivity index (χ1n) is 7.23. The van der Waals surface area contributed by atoms with Gasteiger partial charge < -0.3 is 4.90 Å². The maximum absolute atomic E-state index is 13.3. The van der Waals surface area contributed by atoms with Crippen LogP contribution in [0.5, 0.6) is 0 Å². The summed E-state index contributed by atoms with van der Waals surface area (Å²) in [7, 11) is 0. The van der Waals surface area contributed by atoms with E-state index in [1.54, 1.807) is 6.07 Å². The van der Waals surface area contributed by atoms with Gasteiger partial charge in [0.05, 0.1) is 5.56 Å². The maximum atomic E-state index is 13.3. The van der Waals surface area contributed by atoms with Gasteiger partial charge in [0.15, 0.2) is 0 Å². The Labute approximate surface area is 128 Å². The summed E-state index contributed by atoms with van der Waals surface area (Å²) in [4.78, 5) is 14.4. The summed E-state index contributed by atoms with van der Waals surface area (Å²) in [6.45, 7) is 6.02. The van der Waals surface area contributed by atoms with Crippen LogP contribution in [0, 0.1) is 17.7 Å². The predicted octanol–water partition coefficient (Wildman–Crippen LogP) is 4.49. The number of benzene rings is 1. The zero-order chi connectivity index (χ0) is 14.7. The summed E-state index contributed by atoms with van der Waals surface area (Å²) < 4.78 is 14.0. The zero-order valence-corrected chi connectivity index (χ0v) is 13.6. The van der Waals surface area contributed by atoms with E-state index in [1.807, 2.05) is 4.90 Å². The lowest BCUT2D eigenvalue weighted by Crippen LogP contribution is -2.32. The van der Waals surface area contributed by atoms with Crippen molar-refractivity contribution in [3.63, 3.8) is 0 Å². The molecule has 1 fully saturated rings. The molecule has 2 rings (SSSR count). The highest BCUT2D eigenvalue weighted by atomic mass is 79.9. The molecule has 1 aliphatic heterocycles. The lowest BCUT2D eigenvalue weighted by Gasteiger charge is -2.22. The molecule has 1 atom stereocenters. The van der Waals surface area contributed by atoms with Gasteiger partial charge in [-0.05, 0) is 65.2 Å². The van der Waals surface area contributed by atoms with Crippen molar-refractivity contribution >= 4 is 21.8 Å². The number of carbonyl (C=O) groups is 1. The van der Waals surface area contributed by atoms with Crippen molar-refractivity contribution in [3.05, 3.63) is 34.1 Å². The predicted molar refractivity (Wildman–Crippen MR) is 82.2 cm³/mol. The minimum Gasteiger partial charge on any atom is -0.339 e. The average molecular weight is 342 g/mol. The lowest BCUT2D eigenvalue weighted by atomic mass is 9.89. The zero-order valence-electron chi connectivity index (χ0n) is 12.0. The molecule has 0 aromatic heterocycles. The number of carbonyl (C=O) groups excluding carboxylic acids is 1. The molecule has 0 N–H and O–H groups in total. The molecule has 4 heteroatoms. The van der Waals surface area contributed by atoms with E-state index in [9.17, 15) is 9.18 Å². The average Bonchev–Trinajstić information content (AvgIpc) is 2.66. The maximum Gasteiger partial charge on any atom is 0.255 e. The molecule has 1 unspecified atom stereocenters. The van der Waals surface area contributed by atoms with Crippen molar-refractivity contribution in [2.24, 2.45) is 11.8 Å². The normalized spacial score (nSPS) is 20.1. The van der Waals surface area contributed by atoms with Crippen LogP contribution in [-0.2, 0) is 0 Å². The largest absolute Gasteiger partial charge is 0.339 e. The molecule has 0 bridgehead atoms. The summed E-state index contributed by atoms with van der Waals surface area (Å²) >= 11 is 3.34. The number of nitrogens with zero attached hydrogens (tertiary/aromatic N) is 1. The second-order valence-corrected chi connectivity index (χ2v) is 6.71. The van der Waals surface area contributed by atoms with Crippen molar-refractivity contribution in [1.82, 2.24) is 4.90 Å². The minimum absolute atomic E-state index is 0.0687. The van der Waals surface area contributed by atoms with E-state index in [2.05, 4.69) is 29.8 Å². The van der Waals surface area contributed by atoms with Crippen LogP contribution < -0.4 is 0 Å². The second-order valence-electron chi connectivity index (χ2n) is 5.85. The van der Waals surface area contributed by atoms with Gasteiger partial charge in [0.2, 0.25) is 0 Å². The molecule has 1 aromatic carbocycles. The third-order valence-corrected chi connectivity index (χ3v) is 4.85. The SMILES string of the molecule is CC(C)C1CCCN(C(=O)c2cc(F)ccc2Br)CC1. The van der Waals surface area contributed by atoms with E-state index in [1.165, 1.54) is 18.6 Å². The Hall–Kier alpha value is -0.900. The Kier molecular flexibility index (Phi) is 5.19. The number of rotatable bonds is 2. The Morgan fingerprint density at radius 2 is 2.10 bits per heavy atom. The molecular weight excluding hydrogens is 321 g/mol. The van der Waals surface area contributed by atoms with Crippen LogP contribution in [0.25, 0.3) is 0 Å². The van der Waals surface area contributed by atoms with Crippen LogP contribution in [0.15, 0.2) is 22.7 Å². The van der Waals surface area contributed by atoms with E-state index in [-0.39, 0.29) is 11.7 Å². The third-order valence-electron chi connectivity index (χ3n) is 4.16. The smallest absolute Gasteiger partial charge is 0.255 e. The molecule has 2 nitrogen and oxygen atoms in total. The lowest BCUT2D eigenvalue weighted by molar-refractivity contribution is 0.0757. The van der Waals surface area contributed by atoms with Crippen molar-refractivity contribution in [2.45, 2.75) is 33.1 Å². The fourth-order valence-corrected chi connectivity index (χ4v) is 3.24. The third kappa shape index (κ3) is 3.60. The van der Waals surface area contributed by atoms with Crippen molar-refractivity contribution in [2.75, 3.05) is 13.1 Å². The number of hydrogen-bond donors (Lipinski definition) is 0. The van der Waals surface area contributed by atoms with Crippen molar-refractivity contribution in [3.8, 4) is 0 Å². The molecule has 0 saturated carbocycles. The molecule has 110 valence electrons. The van der Waals surface area contributed by atoms with Gasteiger partial charge in [-0.2, -0.15) is 0 Å². The topological polar surface area (TPSA) is 20.3 Å². The molecule has 1 aliphatic rings. The van der Waals surface area contributed by atoms with Crippen LogP contribution in [-0.4, -0.2) is 23.9 Å². The summed E-state index contributed by atoms with van der Waals surface area (Å²) in [5.41, 5.74) is 0.424. The number of amides is 1. The van der Waals surface area contributed by atoms with Crippen LogP contribution in [0.2, 0.25) is 0 Å². The Morgan fingerprint density at radius 1 is 1.35 bits per heavy atom. The van der Waals surface area contributed by atoms with Gasteiger partial charge in [-0.15, -0.1) is 0 Å². The van der Waals surface area contributed by atoms with E-state index in [0.29, 0.717) is 21.9 Å². The summed E-state index contributed by atoms with van der Waals surface area (Å²) in [6, 6.07) is 4.27. The molecule has 0 spiro atoms. The van der Waals surface area contributed by atoms with E-state index < -0.39 is 0 Å². The van der Waals surface area contributed by atoms with Gasteiger partial charge in [-0.3, -0.25) is 4.79 Å². The highest BCUT2D eigenvalue weighted by Crippen LogP contribution is 2.26. The second kappa shape index (κ2) is 6.70. The quantitative estimate of drug-likeness (QED) is 0.776. The highest BCUT2D eigenvalue weighted by Gasteiger charge is 2.24. The first-order valence-corrected chi connectivity index (χ1v) is 8.02. The van der Waals surface area contributed by atoms with Crippen LogP contribution in [0.4, 0.5) is 4.39 Å². The van der Waals surface area contributed by atoms with Crippen molar-refractivity contribution < 1.29 is 9.18 Å². The number of halogens is 2. The van der Waals surface area contributed by atoms with Crippen LogP contribution >= 0.6 is 15.9 Å². The van der Waals surface area contributed by atoms with Crippen LogP contribution in [0.3, 0.4) is 0 Å². The molecule has 0 radical (unpaired) electrons. The Morgan fingerprint density at radius 3 is 2.80 bits per heavy atom. The van der Waals surface area contributed by atoms with Gasteiger partial charge in [0.1, 0.15) is 5.82 Å². The molecule has 1 heterocycles. The molecule has 1 saturated heterocycles. The molecule has 1 amide bonds. The minimum atomic E-state index is -0.369. The molecule has 20 heavy (non-hydrogen) atoms. The fraction of sp³-hybridized carbons (Fsp3) is 0.562. The van der Waals surface area contributed by atoms with E-state index in [4.69, 9.17) is 0 Å². The molecular formula is C16H21BrFNO. The molecule has 0 aliphatic carbocycles. The number of likely N-dealkylation sites (tertiary alicyclic amines) is 1.